The predicted octanol–water partition coefficient (Wildman–Crippen LogP) is 0.146. The topological polar surface area (TPSA) is 86.7 Å². The molecule has 0 spiro atoms. The largest absolute Gasteiger partial charge is 0.396 e. The van der Waals surface area contributed by atoms with E-state index in [0.717, 1.165) is 19.3 Å². The highest BCUT2D eigenvalue weighted by Gasteiger charge is 2.37. The molecule has 0 saturated carbocycles. The van der Waals surface area contributed by atoms with Gasteiger partial charge in [0, 0.05) is 32.5 Å². The predicted molar refractivity (Wildman–Crippen MR) is 77.2 cm³/mol. The molecule has 1 atom stereocenters. The summed E-state index contributed by atoms with van der Waals surface area (Å²) in [4.78, 5) is 36.2. The van der Waals surface area contributed by atoms with Crippen LogP contribution in [-0.2, 0) is 14.4 Å². The van der Waals surface area contributed by atoms with Gasteiger partial charge in [-0.05, 0) is 25.5 Å². The van der Waals surface area contributed by atoms with Gasteiger partial charge in [-0.15, -0.1) is 0 Å². The van der Waals surface area contributed by atoms with Crippen molar-refractivity contribution in [3.05, 3.63) is 0 Å². The SMILES string of the molecule is CSC1CC(=O)N(CCC(=O)NCCCCCO)C1=O. The molecule has 1 saturated heterocycles. The van der Waals surface area contributed by atoms with Crippen LogP contribution < -0.4 is 5.32 Å². The number of carbonyl (C=O) groups is 3. The van der Waals surface area contributed by atoms with E-state index in [4.69, 9.17) is 5.11 Å². The number of nitrogens with zero attached hydrogens (tertiary/aromatic N) is 1. The fourth-order valence-corrected chi connectivity index (χ4v) is 2.65. The number of carbonyl (C=O) groups excluding carboxylic acids is 3. The second-order valence-corrected chi connectivity index (χ2v) is 5.74. The number of imide groups is 1. The van der Waals surface area contributed by atoms with Crippen molar-refractivity contribution in [2.75, 3.05) is 26.0 Å². The molecule has 1 aliphatic heterocycles. The monoisotopic (exact) mass is 302 g/mol. The first-order valence-electron chi connectivity index (χ1n) is 6.84. The summed E-state index contributed by atoms with van der Waals surface area (Å²) in [7, 11) is 0. The third kappa shape index (κ3) is 5.13. The number of unbranched alkanes of at least 4 members (excludes halogenated alkanes) is 2. The molecule has 6 nitrogen and oxygen atoms in total. The van der Waals surface area contributed by atoms with Crippen molar-refractivity contribution in [2.24, 2.45) is 0 Å². The molecule has 3 amide bonds. The maximum atomic E-state index is 11.8. The molecule has 0 aromatic carbocycles. The third-order valence-electron chi connectivity index (χ3n) is 3.21. The zero-order valence-corrected chi connectivity index (χ0v) is 12.6. The smallest absolute Gasteiger partial charge is 0.242 e. The first-order valence-corrected chi connectivity index (χ1v) is 8.13. The van der Waals surface area contributed by atoms with E-state index in [2.05, 4.69) is 5.32 Å². The number of amides is 3. The maximum absolute atomic E-state index is 11.8. The van der Waals surface area contributed by atoms with Gasteiger partial charge in [0.05, 0.1) is 5.25 Å². The molecule has 0 bridgehead atoms. The van der Waals surface area contributed by atoms with Crippen LogP contribution in [0.1, 0.15) is 32.1 Å². The number of rotatable bonds is 9. The molecule has 114 valence electrons. The van der Waals surface area contributed by atoms with Gasteiger partial charge in [0.1, 0.15) is 0 Å². The summed E-state index contributed by atoms with van der Waals surface area (Å²) >= 11 is 1.37. The quantitative estimate of drug-likeness (QED) is 0.467. The van der Waals surface area contributed by atoms with Gasteiger partial charge in [-0.2, -0.15) is 11.8 Å². The van der Waals surface area contributed by atoms with Gasteiger partial charge in [0.15, 0.2) is 0 Å². The van der Waals surface area contributed by atoms with Crippen LogP contribution in [0, 0.1) is 0 Å². The van der Waals surface area contributed by atoms with Crippen molar-refractivity contribution in [2.45, 2.75) is 37.4 Å². The van der Waals surface area contributed by atoms with Crippen LogP contribution in [0.3, 0.4) is 0 Å². The van der Waals surface area contributed by atoms with E-state index in [-0.39, 0.29) is 49.0 Å². The Morgan fingerprint density at radius 3 is 2.75 bits per heavy atom. The summed E-state index contributed by atoms with van der Waals surface area (Å²) in [6.45, 7) is 0.898. The average Bonchev–Trinajstić information content (AvgIpc) is 2.71. The van der Waals surface area contributed by atoms with Crippen molar-refractivity contribution in [3.8, 4) is 0 Å². The number of likely N-dealkylation sites (tertiary alicyclic amines) is 1. The number of aliphatic hydroxyl groups is 1. The Labute approximate surface area is 123 Å². The second kappa shape index (κ2) is 8.97. The Kier molecular flexibility index (Phi) is 7.61. The molecule has 1 rings (SSSR count). The van der Waals surface area contributed by atoms with Gasteiger partial charge in [-0.25, -0.2) is 0 Å². The summed E-state index contributed by atoms with van der Waals surface area (Å²) in [5, 5.41) is 11.1. The summed E-state index contributed by atoms with van der Waals surface area (Å²) in [5.41, 5.74) is 0. The van der Waals surface area contributed by atoms with E-state index >= 15 is 0 Å². The number of hydrogen-bond acceptors (Lipinski definition) is 5. The van der Waals surface area contributed by atoms with Crippen LogP contribution >= 0.6 is 11.8 Å². The lowest BCUT2D eigenvalue weighted by molar-refractivity contribution is -0.138. The molecule has 1 aliphatic rings. The lowest BCUT2D eigenvalue weighted by Gasteiger charge is -2.14. The van der Waals surface area contributed by atoms with Gasteiger partial charge in [-0.3, -0.25) is 19.3 Å². The van der Waals surface area contributed by atoms with Crippen molar-refractivity contribution < 1.29 is 19.5 Å². The molecule has 0 radical (unpaired) electrons. The van der Waals surface area contributed by atoms with Crippen LogP contribution in [0.15, 0.2) is 0 Å². The first-order chi connectivity index (χ1) is 9.60. The third-order valence-corrected chi connectivity index (χ3v) is 4.14. The Hall–Kier alpha value is -1.08. The van der Waals surface area contributed by atoms with Crippen LogP contribution in [-0.4, -0.2) is 58.9 Å². The van der Waals surface area contributed by atoms with Crippen molar-refractivity contribution in [1.29, 1.82) is 0 Å². The summed E-state index contributed by atoms with van der Waals surface area (Å²) in [6.07, 6.45) is 4.63. The van der Waals surface area contributed by atoms with Gasteiger partial charge in [0.2, 0.25) is 17.7 Å². The van der Waals surface area contributed by atoms with E-state index < -0.39 is 0 Å². The lowest BCUT2D eigenvalue weighted by Crippen LogP contribution is -2.35. The number of aliphatic hydroxyl groups excluding tert-OH is 1. The summed E-state index contributed by atoms with van der Waals surface area (Å²) in [6, 6.07) is 0. The highest BCUT2D eigenvalue weighted by atomic mass is 32.2. The molecule has 20 heavy (non-hydrogen) atoms. The molecule has 1 heterocycles. The van der Waals surface area contributed by atoms with E-state index in [9.17, 15) is 14.4 Å². The van der Waals surface area contributed by atoms with Crippen LogP contribution in [0.5, 0.6) is 0 Å². The minimum Gasteiger partial charge on any atom is -0.396 e. The molecule has 2 N–H and O–H groups in total. The van der Waals surface area contributed by atoms with Crippen LogP contribution in [0.25, 0.3) is 0 Å². The van der Waals surface area contributed by atoms with Crippen LogP contribution in [0.4, 0.5) is 0 Å². The zero-order chi connectivity index (χ0) is 15.0. The molecule has 0 aromatic heterocycles. The van der Waals surface area contributed by atoms with Gasteiger partial charge in [-0.1, -0.05) is 0 Å². The van der Waals surface area contributed by atoms with Crippen molar-refractivity contribution in [1.82, 2.24) is 10.2 Å². The van der Waals surface area contributed by atoms with Gasteiger partial charge in [0.25, 0.3) is 0 Å². The number of hydrogen-bond donors (Lipinski definition) is 2. The van der Waals surface area contributed by atoms with Gasteiger partial charge < -0.3 is 10.4 Å². The van der Waals surface area contributed by atoms with Crippen LogP contribution in [0.2, 0.25) is 0 Å². The minimum absolute atomic E-state index is 0.151. The Morgan fingerprint density at radius 2 is 2.15 bits per heavy atom. The molecular formula is C13H22N2O4S. The second-order valence-electron chi connectivity index (χ2n) is 4.70. The normalized spacial score (nSPS) is 18.7. The standard InChI is InChI=1S/C13H22N2O4S/c1-20-10-9-12(18)15(13(10)19)7-5-11(17)14-6-3-2-4-8-16/h10,16H,2-9H2,1H3,(H,14,17). The minimum atomic E-state index is -0.288. The van der Waals surface area contributed by atoms with E-state index in [1.165, 1.54) is 16.7 Å². The Bertz CT molecular complexity index is 362. The first kappa shape index (κ1) is 17.0. The molecule has 1 fully saturated rings. The molecule has 7 heteroatoms. The zero-order valence-electron chi connectivity index (χ0n) is 11.8. The fourth-order valence-electron chi connectivity index (χ4n) is 2.01. The highest BCUT2D eigenvalue weighted by Crippen LogP contribution is 2.22. The molecule has 0 aromatic rings. The van der Waals surface area contributed by atoms with Crippen molar-refractivity contribution in [3.63, 3.8) is 0 Å². The van der Waals surface area contributed by atoms with E-state index in [1.54, 1.807) is 6.26 Å². The number of nitrogens with one attached hydrogen (secondary N) is 1. The summed E-state index contributed by atoms with van der Waals surface area (Å²) in [5.74, 6) is -0.523. The van der Waals surface area contributed by atoms with E-state index in [0.29, 0.717) is 6.54 Å². The fraction of sp³-hybridized carbons (Fsp3) is 0.769. The highest BCUT2D eigenvalue weighted by molar-refractivity contribution is 8.00. The average molecular weight is 302 g/mol. The molecular weight excluding hydrogens is 280 g/mol. The molecule has 0 aliphatic carbocycles. The van der Waals surface area contributed by atoms with Crippen molar-refractivity contribution >= 4 is 29.5 Å². The lowest BCUT2D eigenvalue weighted by atomic mass is 10.2. The Morgan fingerprint density at radius 1 is 1.40 bits per heavy atom. The van der Waals surface area contributed by atoms with E-state index in [1.807, 2.05) is 0 Å². The molecule has 1 unspecified atom stereocenters. The number of thioether (sulfide) groups is 1. The summed E-state index contributed by atoms with van der Waals surface area (Å²) < 4.78 is 0. The Balaban J connectivity index is 2.21. The van der Waals surface area contributed by atoms with Gasteiger partial charge >= 0.3 is 0 Å². The maximum Gasteiger partial charge on any atom is 0.242 e.